The molecule has 4 heteroatoms. The SMILES string of the molecule is C[C@@H]([C@@H](O)c1ccc(O)cc1)N1CCC(O)(Cc2ccccc2)CC1. The van der Waals surface area contributed by atoms with Gasteiger partial charge in [0.05, 0.1) is 11.7 Å². The van der Waals surface area contributed by atoms with Crippen LogP contribution < -0.4 is 0 Å². The van der Waals surface area contributed by atoms with Gasteiger partial charge in [0.25, 0.3) is 0 Å². The van der Waals surface area contributed by atoms with Gasteiger partial charge in [-0.15, -0.1) is 0 Å². The molecule has 1 aliphatic rings. The lowest BCUT2D eigenvalue weighted by molar-refractivity contribution is -0.0456. The molecule has 4 nitrogen and oxygen atoms in total. The molecule has 1 heterocycles. The lowest BCUT2D eigenvalue weighted by Gasteiger charge is -2.42. The molecule has 1 saturated heterocycles. The van der Waals surface area contributed by atoms with Gasteiger partial charge in [-0.3, -0.25) is 4.90 Å². The van der Waals surface area contributed by atoms with E-state index in [0.29, 0.717) is 19.3 Å². The van der Waals surface area contributed by atoms with Crippen LogP contribution in [0.3, 0.4) is 0 Å². The number of piperidine rings is 1. The van der Waals surface area contributed by atoms with Crippen molar-refractivity contribution in [2.45, 2.75) is 43.9 Å². The Kier molecular flexibility index (Phi) is 5.42. The fourth-order valence-electron chi connectivity index (χ4n) is 3.65. The van der Waals surface area contributed by atoms with Crippen molar-refractivity contribution in [3.05, 3.63) is 65.7 Å². The topological polar surface area (TPSA) is 63.9 Å². The van der Waals surface area contributed by atoms with Crippen LogP contribution >= 0.6 is 0 Å². The minimum Gasteiger partial charge on any atom is -0.508 e. The molecule has 134 valence electrons. The Morgan fingerprint density at radius 2 is 1.60 bits per heavy atom. The van der Waals surface area contributed by atoms with Gasteiger partial charge in [-0.2, -0.15) is 0 Å². The summed E-state index contributed by atoms with van der Waals surface area (Å²) in [5, 5.41) is 30.9. The molecule has 3 N–H and O–H groups in total. The molecule has 0 saturated carbocycles. The maximum Gasteiger partial charge on any atom is 0.115 e. The zero-order valence-electron chi connectivity index (χ0n) is 14.7. The first-order valence-electron chi connectivity index (χ1n) is 8.94. The Morgan fingerprint density at radius 1 is 1.00 bits per heavy atom. The molecule has 3 rings (SSSR count). The van der Waals surface area contributed by atoms with E-state index in [1.54, 1.807) is 24.3 Å². The number of phenols is 1. The first-order valence-corrected chi connectivity index (χ1v) is 8.94. The number of likely N-dealkylation sites (tertiary alicyclic amines) is 1. The molecule has 2 aromatic rings. The third kappa shape index (κ3) is 4.40. The molecule has 0 radical (unpaired) electrons. The van der Waals surface area contributed by atoms with Crippen molar-refractivity contribution in [1.29, 1.82) is 0 Å². The van der Waals surface area contributed by atoms with Gasteiger partial charge in [-0.05, 0) is 43.0 Å². The number of aromatic hydroxyl groups is 1. The minimum absolute atomic E-state index is 0.0363. The maximum absolute atomic E-state index is 10.9. The smallest absolute Gasteiger partial charge is 0.115 e. The molecular weight excluding hydrogens is 314 g/mol. The molecule has 2 atom stereocenters. The molecule has 2 aromatic carbocycles. The number of aliphatic hydroxyl groups excluding tert-OH is 1. The molecule has 0 bridgehead atoms. The van der Waals surface area contributed by atoms with Crippen LogP contribution in [0.15, 0.2) is 54.6 Å². The molecule has 1 aliphatic heterocycles. The van der Waals surface area contributed by atoms with Gasteiger partial charge in [-0.25, -0.2) is 0 Å². The summed E-state index contributed by atoms with van der Waals surface area (Å²) in [4.78, 5) is 2.23. The Bertz CT molecular complexity index is 663. The monoisotopic (exact) mass is 341 g/mol. The van der Waals surface area contributed by atoms with Crippen molar-refractivity contribution in [2.75, 3.05) is 13.1 Å². The first-order chi connectivity index (χ1) is 12.0. The summed E-state index contributed by atoms with van der Waals surface area (Å²) >= 11 is 0. The summed E-state index contributed by atoms with van der Waals surface area (Å²) in [6, 6.07) is 16.8. The van der Waals surface area contributed by atoms with E-state index in [-0.39, 0.29) is 11.8 Å². The van der Waals surface area contributed by atoms with Gasteiger partial charge in [0.15, 0.2) is 0 Å². The zero-order valence-corrected chi connectivity index (χ0v) is 14.7. The summed E-state index contributed by atoms with van der Waals surface area (Å²) in [7, 11) is 0. The molecule has 1 fully saturated rings. The second-order valence-corrected chi connectivity index (χ2v) is 7.20. The van der Waals surface area contributed by atoms with E-state index in [0.717, 1.165) is 24.2 Å². The van der Waals surface area contributed by atoms with E-state index < -0.39 is 11.7 Å². The summed E-state index contributed by atoms with van der Waals surface area (Å²) in [5.41, 5.74) is 1.30. The zero-order chi connectivity index (χ0) is 17.9. The number of hydrogen-bond donors (Lipinski definition) is 3. The summed E-state index contributed by atoms with van der Waals surface area (Å²) in [6.07, 6.45) is 1.47. The summed E-state index contributed by atoms with van der Waals surface area (Å²) in [5.74, 6) is 0.201. The van der Waals surface area contributed by atoms with Crippen molar-refractivity contribution in [3.63, 3.8) is 0 Å². The minimum atomic E-state index is -0.666. The lowest BCUT2D eigenvalue weighted by Crippen LogP contribution is -2.49. The number of hydrogen-bond acceptors (Lipinski definition) is 4. The fraction of sp³-hybridized carbons (Fsp3) is 0.429. The molecule has 25 heavy (non-hydrogen) atoms. The quantitative estimate of drug-likeness (QED) is 0.782. The van der Waals surface area contributed by atoms with E-state index in [1.807, 2.05) is 25.1 Å². The first kappa shape index (κ1) is 17.9. The van der Waals surface area contributed by atoms with Crippen LogP contribution in [-0.4, -0.2) is 45.0 Å². The third-order valence-corrected chi connectivity index (χ3v) is 5.37. The number of rotatable bonds is 5. The van der Waals surface area contributed by atoms with Gasteiger partial charge >= 0.3 is 0 Å². The van der Waals surface area contributed by atoms with Crippen LogP contribution in [0.4, 0.5) is 0 Å². The highest BCUT2D eigenvalue weighted by Crippen LogP contribution is 2.30. The van der Waals surface area contributed by atoms with E-state index in [9.17, 15) is 15.3 Å². The van der Waals surface area contributed by atoms with Gasteiger partial charge in [0.2, 0.25) is 0 Å². The van der Waals surface area contributed by atoms with Gasteiger partial charge in [0, 0.05) is 25.6 Å². The maximum atomic E-state index is 10.9. The van der Waals surface area contributed by atoms with Crippen LogP contribution in [0.1, 0.15) is 37.0 Å². The Balaban J connectivity index is 1.58. The van der Waals surface area contributed by atoms with Crippen LogP contribution in [-0.2, 0) is 6.42 Å². The van der Waals surface area contributed by atoms with Crippen molar-refractivity contribution in [2.24, 2.45) is 0 Å². The second-order valence-electron chi connectivity index (χ2n) is 7.20. The van der Waals surface area contributed by atoms with E-state index >= 15 is 0 Å². The third-order valence-electron chi connectivity index (χ3n) is 5.37. The van der Waals surface area contributed by atoms with E-state index in [1.165, 1.54) is 0 Å². The Morgan fingerprint density at radius 3 is 2.20 bits per heavy atom. The largest absolute Gasteiger partial charge is 0.508 e. The molecule has 0 unspecified atom stereocenters. The number of benzene rings is 2. The number of aliphatic hydroxyl groups is 2. The average Bonchev–Trinajstić information content (AvgIpc) is 2.62. The number of phenolic OH excluding ortho intramolecular Hbond substituents is 1. The summed E-state index contributed by atoms with van der Waals surface area (Å²) in [6.45, 7) is 3.54. The predicted molar refractivity (Wildman–Crippen MR) is 98.4 cm³/mol. The molecule has 0 amide bonds. The van der Waals surface area contributed by atoms with Crippen LogP contribution in [0.5, 0.6) is 5.75 Å². The van der Waals surface area contributed by atoms with Crippen molar-refractivity contribution >= 4 is 0 Å². The van der Waals surface area contributed by atoms with Crippen LogP contribution in [0.2, 0.25) is 0 Å². The van der Waals surface area contributed by atoms with Crippen LogP contribution in [0.25, 0.3) is 0 Å². The van der Waals surface area contributed by atoms with E-state index in [2.05, 4.69) is 17.0 Å². The molecular formula is C21H27NO3. The van der Waals surface area contributed by atoms with Crippen molar-refractivity contribution in [1.82, 2.24) is 4.90 Å². The second kappa shape index (κ2) is 7.56. The van der Waals surface area contributed by atoms with Gasteiger partial charge in [-0.1, -0.05) is 42.5 Å². The highest BCUT2D eigenvalue weighted by Gasteiger charge is 2.35. The fourth-order valence-corrected chi connectivity index (χ4v) is 3.65. The Hall–Kier alpha value is -1.88. The number of nitrogens with zero attached hydrogens (tertiary/aromatic N) is 1. The van der Waals surface area contributed by atoms with Crippen molar-refractivity contribution in [3.8, 4) is 5.75 Å². The predicted octanol–water partition coefficient (Wildman–Crippen LogP) is 2.88. The highest BCUT2D eigenvalue weighted by molar-refractivity contribution is 5.28. The molecule has 0 aliphatic carbocycles. The normalized spacial score (nSPS) is 20.1. The van der Waals surface area contributed by atoms with E-state index in [4.69, 9.17) is 0 Å². The Labute approximate surface area is 149 Å². The standard InChI is InChI=1S/C21H27NO3/c1-16(20(24)18-7-9-19(23)10-8-18)22-13-11-21(25,12-14-22)15-17-5-3-2-4-6-17/h2-10,16,20,23-25H,11-15H2,1H3/t16-,20+/m0/s1. The molecule has 0 spiro atoms. The lowest BCUT2D eigenvalue weighted by atomic mass is 9.84. The highest BCUT2D eigenvalue weighted by atomic mass is 16.3. The van der Waals surface area contributed by atoms with Gasteiger partial charge < -0.3 is 15.3 Å². The molecule has 0 aromatic heterocycles. The summed E-state index contributed by atoms with van der Waals surface area (Å²) < 4.78 is 0. The van der Waals surface area contributed by atoms with Gasteiger partial charge in [0.1, 0.15) is 5.75 Å². The van der Waals surface area contributed by atoms with Crippen LogP contribution in [0, 0.1) is 0 Å². The average molecular weight is 341 g/mol. The van der Waals surface area contributed by atoms with Crippen molar-refractivity contribution < 1.29 is 15.3 Å².